The van der Waals surface area contributed by atoms with Crippen LogP contribution in [0.5, 0.6) is 0 Å². The topological polar surface area (TPSA) is 29.1 Å². The minimum absolute atomic E-state index is 0.0352. The van der Waals surface area contributed by atoms with Crippen molar-refractivity contribution in [2.45, 2.75) is 26.0 Å². The van der Waals surface area contributed by atoms with E-state index in [4.69, 9.17) is 0 Å². The van der Waals surface area contributed by atoms with E-state index in [1.807, 2.05) is 0 Å². The molecule has 2 bridgehead atoms. The monoisotopic (exact) mass is 352 g/mol. The molecule has 2 heterocycles. The fourth-order valence-corrected chi connectivity index (χ4v) is 6.05. The maximum atomic E-state index is 11.1. The molecule has 3 heteroatoms. The number of likely N-dealkylation sites (tertiary alicyclic amines) is 2. The molecule has 0 aliphatic carbocycles. The summed E-state index contributed by atoms with van der Waals surface area (Å²) in [7, 11) is 2.28. The van der Waals surface area contributed by atoms with Gasteiger partial charge in [-0.2, -0.15) is 0 Å². The normalized spacial score (nSPS) is 36.9. The highest BCUT2D eigenvalue weighted by Gasteiger charge is 2.61. The van der Waals surface area contributed by atoms with E-state index in [9.17, 15) is 5.11 Å². The van der Waals surface area contributed by atoms with Gasteiger partial charge in [-0.15, -0.1) is 0 Å². The van der Waals surface area contributed by atoms with Gasteiger partial charge in [0.2, 0.25) is 0 Å². The Labute approximate surface area is 157 Å². The average Bonchev–Trinajstić information content (AvgIpc) is 2.60. The molecule has 0 aromatic heterocycles. The van der Waals surface area contributed by atoms with Gasteiger partial charge < -0.3 is 14.9 Å². The highest BCUT2D eigenvalue weighted by Crippen LogP contribution is 2.38. The summed E-state index contributed by atoms with van der Waals surface area (Å²) in [5.74, 6) is 0. The van der Waals surface area contributed by atoms with Crippen LogP contribution in [0.15, 0.2) is 60.7 Å². The number of nitrogens with one attached hydrogen (secondary N) is 2. The quantitative estimate of drug-likeness (QED) is 0.741. The number of quaternary nitrogens is 2. The van der Waals surface area contributed by atoms with Crippen molar-refractivity contribution in [1.29, 1.82) is 0 Å². The summed E-state index contributed by atoms with van der Waals surface area (Å²) in [5, 5.41) is 11.1. The molecule has 2 atom stereocenters. The first-order chi connectivity index (χ1) is 12.4. The predicted octanol–water partition coefficient (Wildman–Crippen LogP) is 0.576. The van der Waals surface area contributed by atoms with Crippen LogP contribution in [0.4, 0.5) is 0 Å². The van der Waals surface area contributed by atoms with Gasteiger partial charge in [0.15, 0.2) is 0 Å². The summed E-state index contributed by atoms with van der Waals surface area (Å²) in [6.45, 7) is 8.70. The predicted molar refractivity (Wildman–Crippen MR) is 104 cm³/mol. The van der Waals surface area contributed by atoms with Gasteiger partial charge in [0.1, 0.15) is 6.04 Å². The minimum Gasteiger partial charge on any atom is -0.391 e. The van der Waals surface area contributed by atoms with E-state index in [2.05, 4.69) is 81.6 Å². The Morgan fingerprint density at radius 3 is 1.65 bits per heavy atom. The Morgan fingerprint density at radius 2 is 1.23 bits per heavy atom. The van der Waals surface area contributed by atoms with Gasteiger partial charge in [0.05, 0.1) is 50.2 Å². The molecule has 0 radical (unpaired) electrons. The standard InChI is InChI=1S/C23H30N2O/c1-22-14-24(3)15-23(2,21(22)26)17-25(16-22)20(18-10-6-4-7-11-18)19-12-8-5-9-13-19/h4-13,20-21,26H,14-17H2,1-3H3/p+2/t22-,23-/m0/s1. The van der Waals surface area contributed by atoms with Crippen molar-refractivity contribution in [2.24, 2.45) is 10.8 Å². The molecule has 0 saturated carbocycles. The van der Waals surface area contributed by atoms with Crippen molar-refractivity contribution in [2.75, 3.05) is 33.2 Å². The van der Waals surface area contributed by atoms with Crippen LogP contribution in [0.2, 0.25) is 0 Å². The van der Waals surface area contributed by atoms with E-state index >= 15 is 0 Å². The lowest BCUT2D eigenvalue weighted by Crippen LogP contribution is -3.24. The number of fused-ring (bicyclic) bond motifs is 2. The SMILES string of the molecule is C[NH+]1C[C@@]2(C)C[NH+](C(c3ccccc3)c3ccccc3)C[C@](C)(C1)C2O. The molecular weight excluding hydrogens is 320 g/mol. The Balaban J connectivity index is 1.76. The number of piperidine rings is 2. The Morgan fingerprint density at radius 1 is 0.808 bits per heavy atom. The summed E-state index contributed by atoms with van der Waals surface area (Å²) in [6.07, 6.45) is -0.213. The van der Waals surface area contributed by atoms with Crippen molar-refractivity contribution in [3.05, 3.63) is 71.8 Å². The fourth-order valence-electron chi connectivity index (χ4n) is 6.05. The van der Waals surface area contributed by atoms with E-state index < -0.39 is 0 Å². The van der Waals surface area contributed by atoms with Gasteiger partial charge in [-0.25, -0.2) is 0 Å². The van der Waals surface area contributed by atoms with Crippen LogP contribution in [-0.4, -0.2) is 44.4 Å². The molecule has 2 aromatic rings. The zero-order chi connectivity index (χ0) is 18.4. The Kier molecular flexibility index (Phi) is 4.42. The summed E-state index contributed by atoms with van der Waals surface area (Å²) < 4.78 is 0. The van der Waals surface area contributed by atoms with E-state index in [1.165, 1.54) is 11.1 Å². The summed E-state index contributed by atoms with van der Waals surface area (Å²) in [6, 6.07) is 22.1. The molecule has 4 rings (SSSR count). The first-order valence-electron chi connectivity index (χ1n) is 9.85. The highest BCUT2D eigenvalue weighted by atomic mass is 16.3. The van der Waals surface area contributed by atoms with Crippen molar-refractivity contribution in [3.63, 3.8) is 0 Å². The minimum atomic E-state index is -0.213. The van der Waals surface area contributed by atoms with Crippen LogP contribution in [-0.2, 0) is 0 Å². The molecular formula is C23H32N2O+2. The van der Waals surface area contributed by atoms with Crippen LogP contribution in [0.3, 0.4) is 0 Å². The van der Waals surface area contributed by atoms with Crippen LogP contribution in [0.1, 0.15) is 31.0 Å². The molecule has 0 unspecified atom stereocenters. The van der Waals surface area contributed by atoms with Gasteiger partial charge in [-0.3, -0.25) is 0 Å². The van der Waals surface area contributed by atoms with Crippen molar-refractivity contribution >= 4 is 0 Å². The first-order valence-corrected chi connectivity index (χ1v) is 9.85. The van der Waals surface area contributed by atoms with Gasteiger partial charge in [0.25, 0.3) is 0 Å². The number of rotatable bonds is 3. The van der Waals surface area contributed by atoms with Crippen molar-refractivity contribution in [1.82, 2.24) is 0 Å². The van der Waals surface area contributed by atoms with E-state index in [0.717, 1.165) is 26.2 Å². The molecule has 2 fully saturated rings. The van der Waals surface area contributed by atoms with Crippen LogP contribution in [0.25, 0.3) is 0 Å². The third-order valence-corrected chi connectivity index (χ3v) is 6.67. The number of hydrogen-bond donors (Lipinski definition) is 3. The molecule has 26 heavy (non-hydrogen) atoms. The molecule has 0 spiro atoms. The maximum absolute atomic E-state index is 11.1. The van der Waals surface area contributed by atoms with Crippen molar-refractivity contribution < 1.29 is 14.9 Å². The van der Waals surface area contributed by atoms with E-state index in [-0.39, 0.29) is 16.9 Å². The molecule has 2 saturated heterocycles. The molecule has 0 amide bonds. The first kappa shape index (κ1) is 17.7. The second-order valence-corrected chi connectivity index (χ2v) is 9.29. The molecule has 2 aliphatic heterocycles. The van der Waals surface area contributed by atoms with Gasteiger partial charge in [-0.1, -0.05) is 60.7 Å². The lowest BCUT2D eigenvalue weighted by molar-refractivity contribution is -0.982. The smallest absolute Gasteiger partial charge is 0.139 e. The van der Waals surface area contributed by atoms with Crippen LogP contribution < -0.4 is 9.80 Å². The molecule has 2 aromatic carbocycles. The zero-order valence-corrected chi connectivity index (χ0v) is 16.2. The van der Waals surface area contributed by atoms with Gasteiger partial charge in [0, 0.05) is 11.1 Å². The van der Waals surface area contributed by atoms with Crippen molar-refractivity contribution in [3.8, 4) is 0 Å². The highest BCUT2D eigenvalue weighted by molar-refractivity contribution is 5.29. The molecule has 3 N–H and O–H groups in total. The average molecular weight is 353 g/mol. The number of aliphatic hydroxyl groups excluding tert-OH is 1. The van der Waals surface area contributed by atoms with Gasteiger partial charge in [-0.05, 0) is 13.8 Å². The maximum Gasteiger partial charge on any atom is 0.139 e. The fraction of sp³-hybridized carbons (Fsp3) is 0.478. The number of hydrogen-bond acceptors (Lipinski definition) is 1. The third-order valence-electron chi connectivity index (χ3n) is 6.67. The van der Waals surface area contributed by atoms with Crippen LogP contribution >= 0.6 is 0 Å². The number of benzene rings is 2. The van der Waals surface area contributed by atoms with Crippen LogP contribution in [0, 0.1) is 10.8 Å². The Bertz CT molecular complexity index is 688. The van der Waals surface area contributed by atoms with E-state index in [0.29, 0.717) is 6.04 Å². The summed E-state index contributed by atoms with van der Waals surface area (Å²) >= 11 is 0. The number of aliphatic hydroxyl groups is 1. The third kappa shape index (κ3) is 2.98. The summed E-state index contributed by atoms with van der Waals surface area (Å²) in [4.78, 5) is 3.14. The lowest BCUT2D eigenvalue weighted by Gasteiger charge is -2.56. The molecule has 138 valence electrons. The second kappa shape index (κ2) is 6.49. The molecule has 2 aliphatic rings. The summed E-state index contributed by atoms with van der Waals surface area (Å²) in [5.41, 5.74) is 2.67. The van der Waals surface area contributed by atoms with Gasteiger partial charge >= 0.3 is 0 Å². The Hall–Kier alpha value is -1.68. The largest absolute Gasteiger partial charge is 0.391 e. The zero-order valence-electron chi connectivity index (χ0n) is 16.2. The second-order valence-electron chi connectivity index (χ2n) is 9.29. The molecule has 3 nitrogen and oxygen atoms in total. The van der Waals surface area contributed by atoms with E-state index in [1.54, 1.807) is 9.80 Å². The lowest BCUT2D eigenvalue weighted by atomic mass is 9.62.